The smallest absolute Gasteiger partial charge is 0.211 e. The minimum Gasteiger partial charge on any atom is -0.489 e. The summed E-state index contributed by atoms with van der Waals surface area (Å²) in [7, 11) is 0. The molecule has 7 heteroatoms. The molecule has 2 rings (SSSR count). The molecule has 0 fully saturated rings. The standard InChI is InChI=1S/C9H10N4O2S/c14-5-6-15-8-4-2-1-3-7(8)13-9(16)10-11-12-13/h1-4,14H,5-6H2,(H,10,12,16). The molecule has 0 amide bonds. The summed E-state index contributed by atoms with van der Waals surface area (Å²) in [6.07, 6.45) is 0. The second-order valence-electron chi connectivity index (χ2n) is 2.93. The minimum absolute atomic E-state index is 0.0440. The summed E-state index contributed by atoms with van der Waals surface area (Å²) in [5.41, 5.74) is 0.686. The van der Waals surface area contributed by atoms with Crippen molar-refractivity contribution < 1.29 is 9.84 Å². The Bertz CT molecular complexity index is 474. The monoisotopic (exact) mass is 238 g/mol. The zero-order valence-corrected chi connectivity index (χ0v) is 9.21. The SMILES string of the molecule is OCCOc1ccccc1-n1nnnc1S. The van der Waals surface area contributed by atoms with E-state index in [1.165, 1.54) is 4.68 Å². The number of ether oxygens (including phenoxy) is 1. The summed E-state index contributed by atoms with van der Waals surface area (Å²) in [5, 5.41) is 20.1. The highest BCUT2D eigenvalue weighted by atomic mass is 32.1. The Morgan fingerprint density at radius 1 is 1.38 bits per heavy atom. The van der Waals surface area contributed by atoms with Crippen molar-refractivity contribution in [3.8, 4) is 11.4 Å². The van der Waals surface area contributed by atoms with Crippen molar-refractivity contribution in [2.24, 2.45) is 0 Å². The van der Waals surface area contributed by atoms with Gasteiger partial charge < -0.3 is 9.84 Å². The Balaban J connectivity index is 2.37. The van der Waals surface area contributed by atoms with E-state index < -0.39 is 0 Å². The summed E-state index contributed by atoms with van der Waals surface area (Å²) in [5.74, 6) is 0.596. The predicted octanol–water partition coefficient (Wildman–Crippen LogP) is 0.322. The largest absolute Gasteiger partial charge is 0.489 e. The van der Waals surface area contributed by atoms with Gasteiger partial charge >= 0.3 is 0 Å². The Kier molecular flexibility index (Phi) is 3.37. The molecule has 0 aliphatic heterocycles. The normalized spacial score (nSPS) is 10.4. The van der Waals surface area contributed by atoms with Gasteiger partial charge in [0.15, 0.2) is 0 Å². The number of benzene rings is 1. The number of thiol groups is 1. The number of tetrazole rings is 1. The molecule has 0 radical (unpaired) electrons. The average Bonchev–Trinajstić information content (AvgIpc) is 2.73. The Labute approximate surface area is 97.3 Å². The fourth-order valence-electron chi connectivity index (χ4n) is 1.25. The van der Waals surface area contributed by atoms with Crippen molar-refractivity contribution in [2.45, 2.75) is 5.16 Å². The van der Waals surface area contributed by atoms with Crippen molar-refractivity contribution in [3.05, 3.63) is 24.3 Å². The molecule has 1 heterocycles. The number of rotatable bonds is 4. The van der Waals surface area contributed by atoms with Crippen LogP contribution in [0.25, 0.3) is 5.69 Å². The molecule has 0 aliphatic carbocycles. The van der Waals surface area contributed by atoms with E-state index in [1.54, 1.807) is 6.07 Å². The molecule has 0 aliphatic rings. The van der Waals surface area contributed by atoms with Crippen molar-refractivity contribution >= 4 is 12.6 Å². The first-order chi connectivity index (χ1) is 7.83. The molecule has 16 heavy (non-hydrogen) atoms. The van der Waals surface area contributed by atoms with Crippen LogP contribution >= 0.6 is 12.6 Å². The Morgan fingerprint density at radius 3 is 2.88 bits per heavy atom. The second-order valence-corrected chi connectivity index (χ2v) is 3.33. The first-order valence-corrected chi connectivity index (χ1v) is 5.08. The third-order valence-corrected chi connectivity index (χ3v) is 2.17. The van der Waals surface area contributed by atoms with Gasteiger partial charge in [-0.15, -0.1) is 17.7 Å². The van der Waals surface area contributed by atoms with Crippen LogP contribution < -0.4 is 4.74 Å². The Morgan fingerprint density at radius 2 is 2.19 bits per heavy atom. The number of hydrogen-bond acceptors (Lipinski definition) is 6. The van der Waals surface area contributed by atoms with Crippen LogP contribution in [0.5, 0.6) is 5.75 Å². The van der Waals surface area contributed by atoms with Crippen LogP contribution in [0.2, 0.25) is 0 Å². The molecule has 0 atom stereocenters. The molecule has 0 unspecified atom stereocenters. The maximum atomic E-state index is 8.72. The number of aliphatic hydroxyl groups is 1. The lowest BCUT2D eigenvalue weighted by molar-refractivity contribution is 0.201. The molecule has 0 saturated heterocycles. The quantitative estimate of drug-likeness (QED) is 0.751. The lowest BCUT2D eigenvalue weighted by Crippen LogP contribution is -2.06. The van der Waals surface area contributed by atoms with Gasteiger partial charge in [0.25, 0.3) is 0 Å². The van der Waals surface area contributed by atoms with E-state index in [0.29, 0.717) is 16.6 Å². The molecule has 1 aromatic carbocycles. The molecule has 0 bridgehead atoms. The summed E-state index contributed by atoms with van der Waals surface area (Å²) < 4.78 is 6.82. The molecule has 1 aromatic heterocycles. The number of aromatic nitrogens is 4. The van der Waals surface area contributed by atoms with Crippen molar-refractivity contribution in [2.75, 3.05) is 13.2 Å². The number of hydrogen-bond donors (Lipinski definition) is 2. The number of para-hydroxylation sites is 2. The fraction of sp³-hybridized carbons (Fsp3) is 0.222. The maximum Gasteiger partial charge on any atom is 0.211 e. The van der Waals surface area contributed by atoms with E-state index >= 15 is 0 Å². The van der Waals surface area contributed by atoms with Gasteiger partial charge in [0.1, 0.15) is 18.0 Å². The third-order valence-electron chi connectivity index (χ3n) is 1.90. The van der Waals surface area contributed by atoms with Crippen molar-refractivity contribution in [3.63, 3.8) is 0 Å². The zero-order valence-electron chi connectivity index (χ0n) is 8.32. The van der Waals surface area contributed by atoms with Gasteiger partial charge in [0, 0.05) is 0 Å². The van der Waals surface area contributed by atoms with E-state index in [-0.39, 0.29) is 13.2 Å². The van der Waals surface area contributed by atoms with Gasteiger partial charge in [-0.25, -0.2) is 0 Å². The highest BCUT2D eigenvalue weighted by Crippen LogP contribution is 2.22. The lowest BCUT2D eigenvalue weighted by atomic mass is 10.3. The van der Waals surface area contributed by atoms with Crippen LogP contribution in [0.4, 0.5) is 0 Å². The average molecular weight is 238 g/mol. The summed E-state index contributed by atoms with van der Waals surface area (Å²) in [6.45, 7) is 0.179. The molecule has 84 valence electrons. The summed E-state index contributed by atoms with van der Waals surface area (Å²) in [6, 6.07) is 7.26. The van der Waals surface area contributed by atoms with Crippen LogP contribution in [-0.2, 0) is 0 Å². The first-order valence-electron chi connectivity index (χ1n) is 4.63. The van der Waals surface area contributed by atoms with Gasteiger partial charge in [0.2, 0.25) is 5.16 Å². The van der Waals surface area contributed by atoms with Crippen LogP contribution in [0.1, 0.15) is 0 Å². The predicted molar refractivity (Wildman–Crippen MR) is 59.0 cm³/mol. The lowest BCUT2D eigenvalue weighted by Gasteiger charge is -2.09. The van der Waals surface area contributed by atoms with Crippen LogP contribution in [0.15, 0.2) is 29.4 Å². The van der Waals surface area contributed by atoms with E-state index in [9.17, 15) is 0 Å². The van der Waals surface area contributed by atoms with Crippen molar-refractivity contribution in [1.29, 1.82) is 0 Å². The van der Waals surface area contributed by atoms with Crippen molar-refractivity contribution in [1.82, 2.24) is 20.2 Å². The molecular formula is C9H10N4O2S. The molecule has 0 spiro atoms. The Hall–Kier alpha value is -1.60. The highest BCUT2D eigenvalue weighted by Gasteiger charge is 2.09. The molecule has 0 saturated carbocycles. The van der Waals surface area contributed by atoms with Gasteiger partial charge in [-0.05, 0) is 22.6 Å². The summed E-state index contributed by atoms with van der Waals surface area (Å²) in [4.78, 5) is 0. The topological polar surface area (TPSA) is 73.1 Å². The molecular weight excluding hydrogens is 228 g/mol. The summed E-state index contributed by atoms with van der Waals surface area (Å²) >= 11 is 4.12. The van der Waals surface area contributed by atoms with Gasteiger partial charge in [-0.2, -0.15) is 4.68 Å². The zero-order chi connectivity index (χ0) is 11.4. The van der Waals surface area contributed by atoms with E-state index in [1.807, 2.05) is 18.2 Å². The highest BCUT2D eigenvalue weighted by molar-refractivity contribution is 7.80. The number of nitrogens with zero attached hydrogens (tertiary/aromatic N) is 4. The van der Waals surface area contributed by atoms with E-state index in [2.05, 4.69) is 28.2 Å². The van der Waals surface area contributed by atoms with Crippen LogP contribution in [0, 0.1) is 0 Å². The van der Waals surface area contributed by atoms with Gasteiger partial charge in [-0.1, -0.05) is 12.1 Å². The molecule has 6 nitrogen and oxygen atoms in total. The van der Waals surface area contributed by atoms with Gasteiger partial charge in [0.05, 0.1) is 6.61 Å². The second kappa shape index (κ2) is 4.95. The fourth-order valence-corrected chi connectivity index (χ4v) is 1.44. The first kappa shape index (κ1) is 10.9. The van der Waals surface area contributed by atoms with Crippen LogP contribution in [0.3, 0.4) is 0 Å². The van der Waals surface area contributed by atoms with E-state index in [0.717, 1.165) is 0 Å². The maximum absolute atomic E-state index is 8.72. The molecule has 2 aromatic rings. The van der Waals surface area contributed by atoms with Crippen LogP contribution in [-0.4, -0.2) is 38.5 Å². The van der Waals surface area contributed by atoms with E-state index in [4.69, 9.17) is 9.84 Å². The molecule has 1 N–H and O–H groups in total. The minimum atomic E-state index is -0.0440. The third kappa shape index (κ3) is 2.15. The van der Waals surface area contributed by atoms with Gasteiger partial charge in [-0.3, -0.25) is 0 Å². The number of aliphatic hydroxyl groups excluding tert-OH is 1.